The lowest BCUT2D eigenvalue weighted by atomic mass is 10.2. The molecule has 0 saturated carbocycles. The van der Waals surface area contributed by atoms with E-state index in [1.54, 1.807) is 18.4 Å². The number of nitrogens with one attached hydrogen (secondary N) is 1. The molecule has 162 valence electrons. The number of methoxy groups -OCH3 is 1. The lowest BCUT2D eigenvalue weighted by Gasteiger charge is -2.22. The molecular weight excluding hydrogens is 535 g/mol. The van der Waals surface area contributed by atoms with Gasteiger partial charge in [0.15, 0.2) is 11.8 Å². The molecule has 0 spiro atoms. The second kappa shape index (κ2) is 11.5. The van der Waals surface area contributed by atoms with Gasteiger partial charge in [0.1, 0.15) is 11.6 Å². The summed E-state index contributed by atoms with van der Waals surface area (Å²) in [6.07, 6.45) is 0. The minimum Gasteiger partial charge on any atom is -0.497 e. The van der Waals surface area contributed by atoms with Crippen LogP contribution in [0.15, 0.2) is 41.4 Å². The third-order valence-corrected chi connectivity index (χ3v) is 5.76. The molecule has 0 saturated heterocycles. The van der Waals surface area contributed by atoms with Gasteiger partial charge in [-0.3, -0.25) is 0 Å². The average molecular weight is 561 g/mol. The minimum absolute atomic E-state index is 0. The number of aliphatic imine (C=N–C) groups is 1. The molecule has 2 aromatic heterocycles. The Morgan fingerprint density at radius 2 is 1.97 bits per heavy atom. The van der Waals surface area contributed by atoms with Gasteiger partial charge in [-0.1, -0.05) is 23.7 Å². The number of benzene rings is 1. The number of guanidine groups is 1. The molecule has 0 radical (unpaired) electrons. The van der Waals surface area contributed by atoms with Gasteiger partial charge >= 0.3 is 0 Å². The Balaban J connectivity index is 0.00000320. The molecule has 0 fully saturated rings. The summed E-state index contributed by atoms with van der Waals surface area (Å²) in [6.45, 7) is 3.74. The molecule has 0 aliphatic heterocycles. The summed E-state index contributed by atoms with van der Waals surface area (Å²) in [5, 5.41) is 11.7. The molecule has 0 amide bonds. The Kier molecular flexibility index (Phi) is 9.37. The Labute approximate surface area is 203 Å². The molecule has 1 N–H and O–H groups in total. The summed E-state index contributed by atoms with van der Waals surface area (Å²) in [5.74, 6) is 3.35. The van der Waals surface area contributed by atoms with Gasteiger partial charge in [0.05, 0.1) is 31.1 Å². The number of aromatic nitrogens is 3. The highest BCUT2D eigenvalue weighted by Gasteiger charge is 2.11. The fraction of sp³-hybridized carbons (Fsp3) is 0.350. The molecule has 0 aliphatic carbocycles. The maximum absolute atomic E-state index is 6.08. The van der Waals surface area contributed by atoms with Crippen molar-refractivity contribution in [3.05, 3.63) is 62.8 Å². The third-order valence-electron chi connectivity index (χ3n) is 4.54. The van der Waals surface area contributed by atoms with E-state index < -0.39 is 0 Å². The second-order valence-corrected chi connectivity index (χ2v) is 8.43. The van der Waals surface area contributed by atoms with Crippen molar-refractivity contribution in [1.29, 1.82) is 0 Å². The molecule has 0 bridgehead atoms. The molecule has 0 unspecified atom stereocenters. The van der Waals surface area contributed by atoms with E-state index in [1.807, 2.05) is 62.0 Å². The van der Waals surface area contributed by atoms with Crippen molar-refractivity contribution >= 4 is 52.9 Å². The molecule has 2 heterocycles. The molecular formula is C20H26ClIN6OS. The van der Waals surface area contributed by atoms with Crippen LogP contribution in [0.25, 0.3) is 0 Å². The van der Waals surface area contributed by atoms with E-state index in [2.05, 4.69) is 20.4 Å². The number of aryl methyl sites for hydroxylation is 1. The SMILES string of the molecule is COc1ccc(CN=C(NCc2nnc(C)n2C)N(C)Cc2ccc(Cl)s2)cc1.I. The summed E-state index contributed by atoms with van der Waals surface area (Å²) in [5.41, 5.74) is 1.10. The van der Waals surface area contributed by atoms with Gasteiger partial charge in [-0.25, -0.2) is 4.99 Å². The third kappa shape index (κ3) is 6.58. The van der Waals surface area contributed by atoms with Crippen molar-refractivity contribution in [3.63, 3.8) is 0 Å². The molecule has 3 aromatic rings. The van der Waals surface area contributed by atoms with Crippen LogP contribution in [0.5, 0.6) is 5.75 Å². The first-order valence-corrected chi connectivity index (χ1v) is 10.4. The van der Waals surface area contributed by atoms with Gasteiger partial charge in [0, 0.05) is 19.0 Å². The summed E-state index contributed by atoms with van der Waals surface area (Å²) in [7, 11) is 5.63. The molecule has 10 heteroatoms. The monoisotopic (exact) mass is 560 g/mol. The number of halogens is 2. The number of rotatable bonds is 7. The summed E-state index contributed by atoms with van der Waals surface area (Å²) in [4.78, 5) is 8.06. The van der Waals surface area contributed by atoms with E-state index in [-0.39, 0.29) is 24.0 Å². The predicted octanol–water partition coefficient (Wildman–Crippen LogP) is 4.24. The van der Waals surface area contributed by atoms with Crippen molar-refractivity contribution in [2.24, 2.45) is 12.0 Å². The maximum atomic E-state index is 6.08. The number of hydrogen-bond donors (Lipinski definition) is 1. The van der Waals surface area contributed by atoms with Gasteiger partial charge in [0.2, 0.25) is 0 Å². The number of thiophene rings is 1. The highest BCUT2D eigenvalue weighted by Crippen LogP contribution is 2.22. The van der Waals surface area contributed by atoms with Crippen LogP contribution < -0.4 is 10.1 Å². The normalized spacial score (nSPS) is 11.2. The highest BCUT2D eigenvalue weighted by atomic mass is 127. The van der Waals surface area contributed by atoms with E-state index in [0.717, 1.165) is 33.3 Å². The Hall–Kier alpha value is -1.85. The van der Waals surface area contributed by atoms with Crippen molar-refractivity contribution in [3.8, 4) is 5.75 Å². The van der Waals surface area contributed by atoms with Gasteiger partial charge < -0.3 is 19.5 Å². The Morgan fingerprint density at radius 1 is 1.23 bits per heavy atom. The van der Waals surface area contributed by atoms with Gasteiger partial charge in [0.25, 0.3) is 0 Å². The van der Waals surface area contributed by atoms with E-state index >= 15 is 0 Å². The molecule has 1 aromatic carbocycles. The first-order chi connectivity index (χ1) is 14.0. The number of ether oxygens (including phenoxy) is 1. The molecule has 0 aliphatic rings. The van der Waals surface area contributed by atoms with Crippen molar-refractivity contribution in [2.75, 3.05) is 14.2 Å². The van der Waals surface area contributed by atoms with Crippen molar-refractivity contribution in [2.45, 2.75) is 26.6 Å². The first kappa shape index (κ1) is 24.4. The average Bonchev–Trinajstić information content (AvgIpc) is 3.27. The van der Waals surface area contributed by atoms with Gasteiger partial charge in [-0.2, -0.15) is 0 Å². The topological polar surface area (TPSA) is 67.6 Å². The molecule has 0 atom stereocenters. The standard InChI is InChI=1S/C20H25ClN6OS.HI/c1-14-24-25-19(27(14)3)12-23-20(26(2)13-17-9-10-18(21)29-17)22-11-15-5-7-16(28-4)8-6-15;/h5-10H,11-13H2,1-4H3,(H,22,23);1H. The van der Waals surface area contributed by atoms with Crippen molar-refractivity contribution in [1.82, 2.24) is 25.0 Å². The number of hydrogen-bond acceptors (Lipinski definition) is 5. The zero-order chi connectivity index (χ0) is 20.8. The molecule has 7 nitrogen and oxygen atoms in total. The van der Waals surface area contributed by atoms with Crippen LogP contribution in [-0.4, -0.2) is 39.8 Å². The summed E-state index contributed by atoms with van der Waals surface area (Å²) in [6, 6.07) is 11.9. The van der Waals surface area contributed by atoms with E-state index in [9.17, 15) is 0 Å². The van der Waals surface area contributed by atoms with Crippen LogP contribution in [0.2, 0.25) is 4.34 Å². The van der Waals surface area contributed by atoms with Gasteiger partial charge in [-0.15, -0.1) is 45.5 Å². The van der Waals surface area contributed by atoms with Crippen LogP contribution in [-0.2, 0) is 26.7 Å². The van der Waals surface area contributed by atoms with Crippen LogP contribution in [0.1, 0.15) is 22.1 Å². The second-order valence-electron chi connectivity index (χ2n) is 6.63. The molecule has 3 rings (SSSR count). The lowest BCUT2D eigenvalue weighted by Crippen LogP contribution is -2.38. The minimum atomic E-state index is 0. The predicted molar refractivity (Wildman–Crippen MR) is 133 cm³/mol. The van der Waals surface area contributed by atoms with Crippen LogP contribution in [0, 0.1) is 6.92 Å². The quantitative estimate of drug-likeness (QED) is 0.266. The fourth-order valence-corrected chi connectivity index (χ4v) is 3.86. The zero-order valence-corrected chi connectivity index (χ0v) is 21.3. The molecule has 30 heavy (non-hydrogen) atoms. The number of nitrogens with zero attached hydrogens (tertiary/aromatic N) is 5. The maximum Gasteiger partial charge on any atom is 0.194 e. The van der Waals surface area contributed by atoms with E-state index in [4.69, 9.17) is 21.3 Å². The van der Waals surface area contributed by atoms with Crippen LogP contribution in [0.3, 0.4) is 0 Å². The smallest absolute Gasteiger partial charge is 0.194 e. The zero-order valence-electron chi connectivity index (χ0n) is 17.4. The summed E-state index contributed by atoms with van der Waals surface area (Å²) >= 11 is 7.65. The van der Waals surface area contributed by atoms with Crippen LogP contribution >= 0.6 is 46.9 Å². The van der Waals surface area contributed by atoms with Crippen LogP contribution in [0.4, 0.5) is 0 Å². The first-order valence-electron chi connectivity index (χ1n) is 9.17. The lowest BCUT2D eigenvalue weighted by molar-refractivity contribution is 0.414. The van der Waals surface area contributed by atoms with E-state index in [0.29, 0.717) is 19.6 Å². The fourth-order valence-electron chi connectivity index (χ4n) is 2.72. The van der Waals surface area contributed by atoms with Gasteiger partial charge in [-0.05, 0) is 36.8 Å². The Morgan fingerprint density at radius 3 is 2.53 bits per heavy atom. The van der Waals surface area contributed by atoms with E-state index in [1.165, 1.54) is 4.88 Å². The van der Waals surface area contributed by atoms with Crippen molar-refractivity contribution < 1.29 is 4.74 Å². The highest BCUT2D eigenvalue weighted by molar-refractivity contribution is 14.0. The largest absolute Gasteiger partial charge is 0.497 e. The Bertz CT molecular complexity index is 972. The summed E-state index contributed by atoms with van der Waals surface area (Å²) < 4.78 is 7.97.